The fourth-order valence-corrected chi connectivity index (χ4v) is 4.66. The van der Waals surface area contributed by atoms with Gasteiger partial charge in [-0.2, -0.15) is 9.78 Å². The number of nitrogens with zero attached hydrogens (tertiary/aromatic N) is 6. The molecule has 1 radical (unpaired) electrons. The van der Waals surface area contributed by atoms with E-state index in [1.807, 2.05) is 62.7 Å². The van der Waals surface area contributed by atoms with Crippen LogP contribution in [0.5, 0.6) is 5.88 Å². The number of aromatic nitrogens is 6. The van der Waals surface area contributed by atoms with Crippen LogP contribution in [0.3, 0.4) is 0 Å². The summed E-state index contributed by atoms with van der Waals surface area (Å²) >= 11 is 6.24. The summed E-state index contributed by atoms with van der Waals surface area (Å²) in [6.07, 6.45) is 3.96. The number of tetrazole rings is 1. The fourth-order valence-electron chi connectivity index (χ4n) is 4.48. The SMILES string of the molecule is CCOC(=O)Nc1ccc(-c2cc(C([B]c3ccccc3)NC(=O)/C=C/c3cc(Cl)ccc3-n3cnnn3)nnc2OCC)cc1. The van der Waals surface area contributed by atoms with Crippen LogP contribution in [-0.2, 0) is 9.53 Å². The summed E-state index contributed by atoms with van der Waals surface area (Å²) in [6, 6.07) is 23.8. The Hall–Kier alpha value is -5.56. The molecule has 231 valence electrons. The third-order valence-electron chi connectivity index (χ3n) is 6.55. The van der Waals surface area contributed by atoms with Crippen LogP contribution in [0.15, 0.2) is 91.3 Å². The van der Waals surface area contributed by atoms with Gasteiger partial charge in [0.05, 0.1) is 24.6 Å². The van der Waals surface area contributed by atoms with Crippen molar-refractivity contribution in [3.63, 3.8) is 0 Å². The van der Waals surface area contributed by atoms with Crippen LogP contribution in [0.2, 0.25) is 5.02 Å². The smallest absolute Gasteiger partial charge is 0.411 e. The van der Waals surface area contributed by atoms with Crippen LogP contribution < -0.4 is 20.8 Å². The summed E-state index contributed by atoms with van der Waals surface area (Å²) in [5.74, 6) is -0.714. The van der Waals surface area contributed by atoms with Crippen molar-refractivity contribution >= 4 is 48.1 Å². The molecule has 2 aromatic heterocycles. The van der Waals surface area contributed by atoms with Gasteiger partial charge in [0, 0.05) is 33.9 Å². The average Bonchev–Trinajstić information content (AvgIpc) is 3.60. The average molecular weight is 636 g/mol. The van der Waals surface area contributed by atoms with Crippen molar-refractivity contribution < 1.29 is 19.1 Å². The minimum atomic E-state index is -0.662. The highest BCUT2D eigenvalue weighted by atomic mass is 35.5. The maximum absolute atomic E-state index is 13.4. The lowest BCUT2D eigenvalue weighted by Gasteiger charge is -2.19. The molecule has 0 saturated carbocycles. The Bertz CT molecular complexity index is 1810. The molecule has 14 heteroatoms. The Morgan fingerprint density at radius 3 is 2.52 bits per heavy atom. The zero-order valence-corrected chi connectivity index (χ0v) is 25.8. The molecule has 0 aliphatic heterocycles. The lowest BCUT2D eigenvalue weighted by molar-refractivity contribution is -0.116. The highest BCUT2D eigenvalue weighted by molar-refractivity contribution is 6.55. The first-order valence-electron chi connectivity index (χ1n) is 14.4. The topological polar surface area (TPSA) is 146 Å². The van der Waals surface area contributed by atoms with E-state index in [-0.39, 0.29) is 12.5 Å². The monoisotopic (exact) mass is 635 g/mol. The predicted octanol–water partition coefficient (Wildman–Crippen LogP) is 4.60. The summed E-state index contributed by atoms with van der Waals surface area (Å²) in [5.41, 5.74) is 4.65. The summed E-state index contributed by atoms with van der Waals surface area (Å²) in [7, 11) is 1.89. The largest absolute Gasteiger partial charge is 0.476 e. The lowest BCUT2D eigenvalue weighted by Crippen LogP contribution is -2.36. The van der Waals surface area contributed by atoms with Gasteiger partial charge in [-0.15, -0.1) is 10.2 Å². The Morgan fingerprint density at radius 1 is 1.00 bits per heavy atom. The van der Waals surface area contributed by atoms with E-state index < -0.39 is 12.0 Å². The number of halogens is 1. The first-order chi connectivity index (χ1) is 22.4. The Morgan fingerprint density at radius 2 is 1.80 bits per heavy atom. The number of carbonyl (C=O) groups excluding carboxylic acids is 2. The molecule has 3 aromatic carbocycles. The van der Waals surface area contributed by atoms with Crippen molar-refractivity contribution in [3.05, 3.63) is 108 Å². The van der Waals surface area contributed by atoms with Gasteiger partial charge in [-0.05, 0) is 72.3 Å². The van der Waals surface area contributed by atoms with Gasteiger partial charge < -0.3 is 14.8 Å². The molecule has 2 heterocycles. The fraction of sp³-hybridized carbons (Fsp3) is 0.156. The number of hydrogen-bond donors (Lipinski definition) is 2. The molecule has 0 spiro atoms. The van der Waals surface area contributed by atoms with Crippen LogP contribution in [-0.4, -0.2) is 62.9 Å². The van der Waals surface area contributed by atoms with Crippen molar-refractivity contribution in [1.29, 1.82) is 0 Å². The maximum atomic E-state index is 13.4. The van der Waals surface area contributed by atoms with Crippen molar-refractivity contribution in [2.45, 2.75) is 19.8 Å². The van der Waals surface area contributed by atoms with E-state index in [9.17, 15) is 9.59 Å². The van der Waals surface area contributed by atoms with Crippen molar-refractivity contribution in [1.82, 2.24) is 35.7 Å². The quantitative estimate of drug-likeness (QED) is 0.148. The second-order valence-electron chi connectivity index (χ2n) is 9.70. The summed E-state index contributed by atoms with van der Waals surface area (Å²) in [5, 5.41) is 26.3. The molecule has 12 nitrogen and oxygen atoms in total. The third-order valence-corrected chi connectivity index (χ3v) is 6.79. The molecule has 0 bridgehead atoms. The molecule has 0 aliphatic carbocycles. The number of nitrogens with one attached hydrogen (secondary N) is 2. The zero-order chi connectivity index (χ0) is 32.3. The number of hydrogen-bond acceptors (Lipinski definition) is 9. The number of anilines is 1. The first-order valence-corrected chi connectivity index (χ1v) is 14.8. The second-order valence-corrected chi connectivity index (χ2v) is 10.1. The molecule has 0 aliphatic rings. The van der Waals surface area contributed by atoms with Crippen LogP contribution in [0.25, 0.3) is 22.9 Å². The van der Waals surface area contributed by atoms with E-state index in [1.54, 1.807) is 43.3 Å². The van der Waals surface area contributed by atoms with Crippen LogP contribution in [0, 0.1) is 0 Å². The van der Waals surface area contributed by atoms with E-state index >= 15 is 0 Å². The van der Waals surface area contributed by atoms with Crippen LogP contribution >= 0.6 is 11.6 Å². The molecule has 46 heavy (non-hydrogen) atoms. The van der Waals surface area contributed by atoms with Crippen molar-refractivity contribution in [2.24, 2.45) is 0 Å². The normalized spacial score (nSPS) is 11.5. The molecule has 2 N–H and O–H groups in total. The maximum Gasteiger partial charge on any atom is 0.411 e. The van der Waals surface area contributed by atoms with Gasteiger partial charge in [0.2, 0.25) is 11.8 Å². The summed E-state index contributed by atoms with van der Waals surface area (Å²) < 4.78 is 12.2. The molecule has 1 atom stereocenters. The Balaban J connectivity index is 1.44. The Labute approximate surface area is 271 Å². The molecule has 5 rings (SSSR count). The van der Waals surface area contributed by atoms with Gasteiger partial charge >= 0.3 is 6.09 Å². The number of ether oxygens (including phenoxy) is 2. The van der Waals surface area contributed by atoms with Gasteiger partial charge in [0.25, 0.3) is 0 Å². The van der Waals surface area contributed by atoms with Crippen molar-refractivity contribution in [2.75, 3.05) is 18.5 Å². The molecule has 2 amide bonds. The summed E-state index contributed by atoms with van der Waals surface area (Å²) in [4.78, 5) is 25.2. The van der Waals surface area contributed by atoms with E-state index in [0.29, 0.717) is 45.7 Å². The number of carbonyl (C=O) groups is 2. The minimum Gasteiger partial charge on any atom is -0.476 e. The van der Waals surface area contributed by atoms with E-state index in [1.165, 1.54) is 17.1 Å². The highest BCUT2D eigenvalue weighted by Gasteiger charge is 2.21. The molecule has 0 saturated heterocycles. The predicted molar refractivity (Wildman–Crippen MR) is 175 cm³/mol. The van der Waals surface area contributed by atoms with Gasteiger partial charge in [0.15, 0.2) is 7.28 Å². The van der Waals surface area contributed by atoms with Crippen molar-refractivity contribution in [3.8, 4) is 22.7 Å². The number of amides is 2. The molecular weight excluding hydrogens is 607 g/mol. The highest BCUT2D eigenvalue weighted by Crippen LogP contribution is 2.31. The minimum absolute atomic E-state index is 0.267. The molecule has 1 unspecified atom stereocenters. The van der Waals surface area contributed by atoms with Gasteiger partial charge in [-0.1, -0.05) is 59.5 Å². The molecule has 0 fully saturated rings. The number of benzene rings is 3. The molecule has 5 aromatic rings. The van der Waals surface area contributed by atoms with Crippen LogP contribution in [0.1, 0.15) is 31.0 Å². The van der Waals surface area contributed by atoms with Gasteiger partial charge in [-0.3, -0.25) is 10.1 Å². The number of rotatable bonds is 12. The summed E-state index contributed by atoms with van der Waals surface area (Å²) in [6.45, 7) is 4.24. The lowest BCUT2D eigenvalue weighted by atomic mass is 9.62. The van der Waals surface area contributed by atoms with E-state index in [4.69, 9.17) is 21.1 Å². The molecular formula is C32H29BClN8O4. The Kier molecular flexibility index (Phi) is 10.7. The first kappa shape index (κ1) is 31.9. The second kappa shape index (κ2) is 15.4. The van der Waals surface area contributed by atoms with Crippen LogP contribution in [0.4, 0.5) is 10.5 Å². The van der Waals surface area contributed by atoms with E-state index in [2.05, 4.69) is 36.4 Å². The standard InChI is InChI=1S/C32H29BClN8O4/c1-3-45-31-26(21-10-14-25(15-11-21)36-32(44)46-4-2)19-27(38-39-31)30(33-23-8-6-5-7-9-23)37-29(43)17-12-22-18-24(34)13-16-28(22)42-20-35-40-41-42/h5-20,30H,3-4H2,1-2H3,(H,36,44)(H,37,43)/b17-12+. The van der Waals surface area contributed by atoms with Gasteiger partial charge in [0.1, 0.15) is 6.33 Å². The van der Waals surface area contributed by atoms with Gasteiger partial charge in [-0.25, -0.2) is 4.79 Å². The van der Waals surface area contributed by atoms with E-state index in [0.717, 1.165) is 11.0 Å². The zero-order valence-electron chi connectivity index (χ0n) is 25.0. The third kappa shape index (κ3) is 8.33.